The molecular weight excluding hydrogens is 350 g/mol. The topological polar surface area (TPSA) is 48.6 Å². The summed E-state index contributed by atoms with van der Waals surface area (Å²) in [6.07, 6.45) is 5.10. The largest absolute Gasteiger partial charge is 0.494 e. The van der Waals surface area contributed by atoms with Crippen LogP contribution in [0.5, 0.6) is 5.75 Å². The lowest BCUT2D eigenvalue weighted by atomic mass is 10.2. The molecule has 0 saturated carbocycles. The minimum absolute atomic E-state index is 0.000943. The zero-order chi connectivity index (χ0) is 19.3. The number of fused-ring (bicyclic) bond motifs is 1. The average Bonchev–Trinajstić information content (AvgIpc) is 2.98. The van der Waals surface area contributed by atoms with E-state index in [-0.39, 0.29) is 5.56 Å². The van der Waals surface area contributed by atoms with Crippen molar-refractivity contribution in [3.05, 3.63) is 64.7 Å². The summed E-state index contributed by atoms with van der Waals surface area (Å²) in [7, 11) is 0. The molecule has 1 N–H and O–H groups in total. The van der Waals surface area contributed by atoms with Gasteiger partial charge in [-0.05, 0) is 69.0 Å². The number of nitrogens with zero attached hydrogens (tertiary/aromatic N) is 2. The van der Waals surface area contributed by atoms with Gasteiger partial charge in [0.2, 0.25) is 0 Å². The first-order valence-electron chi connectivity index (χ1n) is 10.3. The molecule has 1 saturated heterocycles. The Kier molecular flexibility index (Phi) is 5.72. The normalized spacial score (nSPS) is 15.5. The quantitative estimate of drug-likeness (QED) is 0.743. The highest BCUT2D eigenvalue weighted by Crippen LogP contribution is 2.17. The van der Waals surface area contributed by atoms with Gasteiger partial charge >= 0.3 is 0 Å². The Bertz CT molecular complexity index is 987. The number of quaternary nitrogens is 1. The lowest BCUT2D eigenvalue weighted by Crippen LogP contribution is -3.10. The summed E-state index contributed by atoms with van der Waals surface area (Å²) in [6, 6.07) is 15.4. The molecule has 0 radical (unpaired) electrons. The average molecular weight is 378 g/mol. The van der Waals surface area contributed by atoms with Gasteiger partial charge in [0.25, 0.3) is 5.56 Å². The number of nitrogens with one attached hydrogen (secondary N) is 1. The third-order valence-electron chi connectivity index (χ3n) is 5.47. The first-order chi connectivity index (χ1) is 13.8. The van der Waals surface area contributed by atoms with E-state index in [0.717, 1.165) is 42.4 Å². The summed E-state index contributed by atoms with van der Waals surface area (Å²) in [5.41, 5.74) is 1.62. The van der Waals surface area contributed by atoms with Gasteiger partial charge in [-0.1, -0.05) is 12.1 Å². The van der Waals surface area contributed by atoms with Crippen LogP contribution in [-0.4, -0.2) is 29.2 Å². The Hall–Kier alpha value is -2.66. The van der Waals surface area contributed by atoms with E-state index in [4.69, 9.17) is 9.72 Å². The molecule has 0 atom stereocenters. The summed E-state index contributed by atoms with van der Waals surface area (Å²) in [5.74, 6) is 1.65. The first kappa shape index (κ1) is 18.7. The van der Waals surface area contributed by atoms with Crippen molar-refractivity contribution in [2.24, 2.45) is 0 Å². The van der Waals surface area contributed by atoms with Gasteiger partial charge in [-0.25, -0.2) is 4.98 Å². The van der Waals surface area contributed by atoms with Crippen LogP contribution in [0.15, 0.2) is 53.3 Å². The number of ether oxygens (including phenoxy) is 1. The second-order valence-corrected chi connectivity index (χ2v) is 7.45. The van der Waals surface area contributed by atoms with Crippen LogP contribution in [0, 0.1) is 0 Å². The second-order valence-electron chi connectivity index (χ2n) is 7.45. The van der Waals surface area contributed by atoms with Crippen LogP contribution < -0.4 is 15.2 Å². The van der Waals surface area contributed by atoms with Crippen LogP contribution in [0.2, 0.25) is 0 Å². The third-order valence-corrected chi connectivity index (χ3v) is 5.47. The SMILES string of the molecule is CCOc1ccc(-n2c(C[NH+]3CCCCCC3)nc3ccccc3c2=O)cc1. The number of para-hydroxylation sites is 1. The Balaban J connectivity index is 1.79. The van der Waals surface area contributed by atoms with Gasteiger partial charge < -0.3 is 9.64 Å². The van der Waals surface area contributed by atoms with E-state index < -0.39 is 0 Å². The molecule has 4 rings (SSSR count). The van der Waals surface area contributed by atoms with Gasteiger partial charge in [0.1, 0.15) is 12.3 Å². The smallest absolute Gasteiger partial charge is 0.266 e. The van der Waals surface area contributed by atoms with Crippen molar-refractivity contribution < 1.29 is 9.64 Å². The summed E-state index contributed by atoms with van der Waals surface area (Å²) in [5, 5.41) is 0.658. The van der Waals surface area contributed by atoms with Crippen LogP contribution in [0.25, 0.3) is 16.6 Å². The molecule has 3 aromatic rings. The highest BCUT2D eigenvalue weighted by molar-refractivity contribution is 5.77. The van der Waals surface area contributed by atoms with Gasteiger partial charge in [-0.15, -0.1) is 0 Å². The Morgan fingerprint density at radius 1 is 1.00 bits per heavy atom. The third kappa shape index (κ3) is 3.94. The second kappa shape index (κ2) is 8.57. The molecule has 1 fully saturated rings. The highest BCUT2D eigenvalue weighted by Gasteiger charge is 2.19. The molecule has 28 heavy (non-hydrogen) atoms. The summed E-state index contributed by atoms with van der Waals surface area (Å²) in [4.78, 5) is 19.8. The van der Waals surface area contributed by atoms with E-state index in [1.54, 1.807) is 4.57 Å². The van der Waals surface area contributed by atoms with Gasteiger partial charge in [0, 0.05) is 0 Å². The van der Waals surface area contributed by atoms with E-state index in [1.807, 2.05) is 55.5 Å². The van der Waals surface area contributed by atoms with Crippen LogP contribution >= 0.6 is 0 Å². The van der Waals surface area contributed by atoms with Gasteiger partial charge in [-0.2, -0.15) is 0 Å². The van der Waals surface area contributed by atoms with Gasteiger partial charge in [-0.3, -0.25) is 9.36 Å². The maximum Gasteiger partial charge on any atom is 0.266 e. The number of benzene rings is 2. The molecule has 1 aliphatic heterocycles. The Labute approximate surface area is 165 Å². The minimum atomic E-state index is -0.000943. The molecule has 2 aromatic carbocycles. The molecule has 0 unspecified atom stereocenters. The lowest BCUT2D eigenvalue weighted by molar-refractivity contribution is -0.913. The zero-order valence-electron chi connectivity index (χ0n) is 16.5. The van der Waals surface area contributed by atoms with Gasteiger partial charge in [0.05, 0.1) is 36.3 Å². The molecule has 146 valence electrons. The number of likely N-dealkylation sites (tertiary alicyclic amines) is 1. The van der Waals surface area contributed by atoms with Crippen molar-refractivity contribution in [2.45, 2.75) is 39.2 Å². The van der Waals surface area contributed by atoms with Crippen molar-refractivity contribution in [3.8, 4) is 11.4 Å². The summed E-state index contributed by atoms with van der Waals surface area (Å²) < 4.78 is 7.34. The molecule has 5 heteroatoms. The molecule has 5 nitrogen and oxygen atoms in total. The van der Waals surface area contributed by atoms with E-state index in [2.05, 4.69) is 0 Å². The van der Waals surface area contributed by atoms with Crippen LogP contribution in [0.4, 0.5) is 0 Å². The van der Waals surface area contributed by atoms with Crippen molar-refractivity contribution in [1.82, 2.24) is 9.55 Å². The fraction of sp³-hybridized carbons (Fsp3) is 0.391. The maximum absolute atomic E-state index is 13.4. The molecule has 1 aliphatic rings. The van der Waals surface area contributed by atoms with Crippen LogP contribution in [0.1, 0.15) is 38.4 Å². The zero-order valence-corrected chi connectivity index (χ0v) is 16.5. The van der Waals surface area contributed by atoms with E-state index >= 15 is 0 Å². The number of rotatable bonds is 5. The summed E-state index contributed by atoms with van der Waals surface area (Å²) >= 11 is 0. The van der Waals surface area contributed by atoms with E-state index in [9.17, 15) is 4.79 Å². The van der Waals surface area contributed by atoms with Crippen molar-refractivity contribution in [2.75, 3.05) is 19.7 Å². The number of hydrogen-bond acceptors (Lipinski definition) is 3. The first-order valence-corrected chi connectivity index (χ1v) is 10.3. The molecule has 0 amide bonds. The maximum atomic E-state index is 13.4. The van der Waals surface area contributed by atoms with Crippen LogP contribution in [-0.2, 0) is 6.54 Å². The monoisotopic (exact) mass is 378 g/mol. The molecular formula is C23H28N3O2+. The Morgan fingerprint density at radius 2 is 1.71 bits per heavy atom. The van der Waals surface area contributed by atoms with Crippen molar-refractivity contribution in [1.29, 1.82) is 0 Å². The van der Waals surface area contributed by atoms with E-state index in [0.29, 0.717) is 12.0 Å². The predicted octanol–water partition coefficient (Wildman–Crippen LogP) is 2.74. The molecule has 0 aliphatic carbocycles. The molecule has 0 spiro atoms. The highest BCUT2D eigenvalue weighted by atomic mass is 16.5. The number of hydrogen-bond donors (Lipinski definition) is 1. The predicted molar refractivity (Wildman–Crippen MR) is 111 cm³/mol. The molecule has 1 aromatic heterocycles. The van der Waals surface area contributed by atoms with E-state index in [1.165, 1.54) is 30.6 Å². The standard InChI is InChI=1S/C23H27N3O2/c1-2-28-19-13-11-18(12-14-19)26-22(17-25-15-7-3-4-8-16-25)24-21-10-6-5-9-20(21)23(26)27/h5-6,9-14H,2-4,7-8,15-17H2,1H3/p+1. The van der Waals surface area contributed by atoms with Crippen LogP contribution in [0.3, 0.4) is 0 Å². The fourth-order valence-corrected chi connectivity index (χ4v) is 4.05. The Morgan fingerprint density at radius 3 is 2.43 bits per heavy atom. The van der Waals surface area contributed by atoms with Crippen molar-refractivity contribution >= 4 is 10.9 Å². The fourth-order valence-electron chi connectivity index (χ4n) is 4.05. The molecule has 2 heterocycles. The number of aromatic nitrogens is 2. The summed E-state index contributed by atoms with van der Waals surface area (Å²) in [6.45, 7) is 5.65. The molecule has 0 bridgehead atoms. The van der Waals surface area contributed by atoms with Gasteiger partial charge in [0.15, 0.2) is 5.82 Å². The lowest BCUT2D eigenvalue weighted by Gasteiger charge is -2.20. The minimum Gasteiger partial charge on any atom is -0.494 e. The van der Waals surface area contributed by atoms with Crippen molar-refractivity contribution in [3.63, 3.8) is 0 Å².